The average Bonchev–Trinajstić information content (AvgIpc) is 2.35. The van der Waals surface area contributed by atoms with Crippen LogP contribution in [0, 0.1) is 0 Å². The molecule has 2 amide bonds. The van der Waals surface area contributed by atoms with Crippen molar-refractivity contribution in [2.45, 2.75) is 26.2 Å². The van der Waals surface area contributed by atoms with E-state index in [0.29, 0.717) is 5.69 Å². The van der Waals surface area contributed by atoms with Crippen LogP contribution in [0.15, 0.2) is 24.3 Å². The van der Waals surface area contributed by atoms with Crippen molar-refractivity contribution in [2.75, 3.05) is 18.5 Å². The fraction of sp³-hybridized carbons (Fsp3) is 0.429. The number of nitrogens with one attached hydrogen (secondary N) is 2. The van der Waals surface area contributed by atoms with Gasteiger partial charge in [-0.05, 0) is 17.0 Å². The number of hydrogen-bond acceptors (Lipinski definition) is 3. The molecule has 0 unspecified atom stereocenters. The molecule has 1 rings (SSSR count). The van der Waals surface area contributed by atoms with E-state index in [1.165, 1.54) is 0 Å². The van der Waals surface area contributed by atoms with Crippen molar-refractivity contribution in [2.24, 2.45) is 0 Å². The summed E-state index contributed by atoms with van der Waals surface area (Å²) >= 11 is 0. The monoisotopic (exact) mass is 264 g/mol. The fourth-order valence-electron chi connectivity index (χ4n) is 1.67. The number of anilines is 1. The molecule has 0 atom stereocenters. The molecule has 19 heavy (non-hydrogen) atoms. The quantitative estimate of drug-likeness (QED) is 0.713. The van der Waals surface area contributed by atoms with E-state index in [0.717, 1.165) is 5.56 Å². The molecule has 0 bridgehead atoms. The molecule has 0 aliphatic heterocycles. The molecule has 0 aliphatic carbocycles. The fourth-order valence-corrected chi connectivity index (χ4v) is 1.67. The van der Waals surface area contributed by atoms with Crippen LogP contribution < -0.4 is 10.6 Å². The maximum absolute atomic E-state index is 11.7. The van der Waals surface area contributed by atoms with Gasteiger partial charge in [-0.1, -0.05) is 39.0 Å². The van der Waals surface area contributed by atoms with E-state index in [1.807, 2.05) is 32.9 Å². The third-order valence-electron chi connectivity index (χ3n) is 2.59. The lowest BCUT2D eigenvalue weighted by atomic mass is 9.86. The maximum atomic E-state index is 11.7. The number of benzene rings is 1. The summed E-state index contributed by atoms with van der Waals surface area (Å²) in [6.45, 7) is 5.96. The SMILES string of the molecule is CC(C)(C)c1ccccc1NC(=O)C(=O)NCCO. The van der Waals surface area contributed by atoms with Gasteiger partial charge in [-0.25, -0.2) is 0 Å². The second-order valence-corrected chi connectivity index (χ2v) is 5.23. The van der Waals surface area contributed by atoms with Crippen LogP contribution in [0.4, 0.5) is 5.69 Å². The highest BCUT2D eigenvalue weighted by Gasteiger charge is 2.20. The predicted octanol–water partition coefficient (Wildman–Crippen LogP) is 1.03. The van der Waals surface area contributed by atoms with Crippen molar-refractivity contribution in [3.63, 3.8) is 0 Å². The van der Waals surface area contributed by atoms with E-state index in [2.05, 4.69) is 10.6 Å². The third-order valence-corrected chi connectivity index (χ3v) is 2.59. The minimum Gasteiger partial charge on any atom is -0.395 e. The number of carbonyl (C=O) groups excluding carboxylic acids is 2. The van der Waals surface area contributed by atoms with Crippen molar-refractivity contribution < 1.29 is 14.7 Å². The molecule has 5 nitrogen and oxygen atoms in total. The largest absolute Gasteiger partial charge is 0.395 e. The summed E-state index contributed by atoms with van der Waals surface area (Å²) in [4.78, 5) is 23.1. The second kappa shape index (κ2) is 6.33. The predicted molar refractivity (Wildman–Crippen MR) is 73.9 cm³/mol. The van der Waals surface area contributed by atoms with Crippen molar-refractivity contribution in [1.29, 1.82) is 0 Å². The molecule has 0 saturated carbocycles. The summed E-state index contributed by atoms with van der Waals surface area (Å²) in [5.41, 5.74) is 1.45. The highest BCUT2D eigenvalue weighted by atomic mass is 16.3. The zero-order valence-corrected chi connectivity index (χ0v) is 11.5. The van der Waals surface area contributed by atoms with Crippen molar-refractivity contribution >= 4 is 17.5 Å². The molecule has 0 aromatic heterocycles. The van der Waals surface area contributed by atoms with Crippen molar-refractivity contribution in [3.05, 3.63) is 29.8 Å². The normalized spacial score (nSPS) is 10.9. The lowest BCUT2D eigenvalue weighted by Crippen LogP contribution is -2.37. The molecule has 104 valence electrons. The van der Waals surface area contributed by atoms with Crippen molar-refractivity contribution in [3.8, 4) is 0 Å². The Balaban J connectivity index is 2.83. The number of aliphatic hydroxyl groups excluding tert-OH is 1. The zero-order valence-electron chi connectivity index (χ0n) is 11.5. The molecule has 0 aliphatic rings. The van der Waals surface area contributed by atoms with Gasteiger partial charge >= 0.3 is 11.8 Å². The minimum atomic E-state index is -0.752. The van der Waals surface area contributed by atoms with E-state index in [1.54, 1.807) is 12.1 Å². The van der Waals surface area contributed by atoms with Gasteiger partial charge in [0.25, 0.3) is 0 Å². The topological polar surface area (TPSA) is 78.4 Å². The molecular formula is C14H20N2O3. The van der Waals surface area contributed by atoms with Gasteiger partial charge in [0, 0.05) is 12.2 Å². The van der Waals surface area contributed by atoms with Crippen LogP contribution in [0.5, 0.6) is 0 Å². The molecule has 3 N–H and O–H groups in total. The van der Waals surface area contributed by atoms with Gasteiger partial charge in [-0.3, -0.25) is 9.59 Å². The smallest absolute Gasteiger partial charge is 0.313 e. The molecule has 0 fully saturated rings. The summed E-state index contributed by atoms with van der Waals surface area (Å²) in [6.07, 6.45) is 0. The zero-order chi connectivity index (χ0) is 14.5. The number of para-hydroxylation sites is 1. The summed E-state index contributed by atoms with van der Waals surface area (Å²) in [5, 5.41) is 13.5. The molecule has 0 heterocycles. The molecule has 0 spiro atoms. The van der Waals surface area contributed by atoms with Crippen LogP contribution in [0.3, 0.4) is 0 Å². The Morgan fingerprint density at radius 3 is 2.37 bits per heavy atom. The van der Waals surface area contributed by atoms with Crippen LogP contribution in [0.2, 0.25) is 0 Å². The van der Waals surface area contributed by atoms with Gasteiger partial charge in [-0.15, -0.1) is 0 Å². The first-order valence-corrected chi connectivity index (χ1v) is 6.16. The van der Waals surface area contributed by atoms with Gasteiger partial charge in [0.05, 0.1) is 6.61 Å². The van der Waals surface area contributed by atoms with Gasteiger partial charge in [-0.2, -0.15) is 0 Å². The van der Waals surface area contributed by atoms with E-state index >= 15 is 0 Å². The van der Waals surface area contributed by atoms with Crippen LogP contribution in [0.1, 0.15) is 26.3 Å². The van der Waals surface area contributed by atoms with Gasteiger partial charge in [0.15, 0.2) is 0 Å². The Morgan fingerprint density at radius 2 is 1.79 bits per heavy atom. The standard InChI is InChI=1S/C14H20N2O3/c1-14(2,3)10-6-4-5-7-11(10)16-13(19)12(18)15-8-9-17/h4-7,17H,8-9H2,1-3H3,(H,15,18)(H,16,19). The number of aliphatic hydroxyl groups is 1. The van der Waals surface area contributed by atoms with Crippen LogP contribution >= 0.6 is 0 Å². The molecule has 5 heteroatoms. The molecular weight excluding hydrogens is 244 g/mol. The molecule has 0 radical (unpaired) electrons. The summed E-state index contributed by atoms with van der Waals surface area (Å²) < 4.78 is 0. The number of hydrogen-bond donors (Lipinski definition) is 3. The highest BCUT2D eigenvalue weighted by molar-refractivity contribution is 6.39. The van der Waals surface area contributed by atoms with E-state index < -0.39 is 11.8 Å². The lowest BCUT2D eigenvalue weighted by molar-refractivity contribution is -0.136. The molecule has 0 saturated heterocycles. The van der Waals surface area contributed by atoms with E-state index in [4.69, 9.17) is 5.11 Å². The third kappa shape index (κ3) is 4.37. The second-order valence-electron chi connectivity index (χ2n) is 5.23. The first-order valence-electron chi connectivity index (χ1n) is 6.16. The first-order chi connectivity index (χ1) is 8.86. The summed E-state index contributed by atoms with van der Waals surface area (Å²) in [5.74, 6) is -1.48. The van der Waals surface area contributed by atoms with Gasteiger partial charge in [0.2, 0.25) is 0 Å². The summed E-state index contributed by atoms with van der Waals surface area (Å²) in [7, 11) is 0. The minimum absolute atomic E-state index is 0.0627. The molecule has 1 aromatic carbocycles. The number of rotatable bonds is 3. The summed E-state index contributed by atoms with van der Waals surface area (Å²) in [6, 6.07) is 7.37. The highest BCUT2D eigenvalue weighted by Crippen LogP contribution is 2.29. The number of carbonyl (C=O) groups is 2. The molecule has 1 aromatic rings. The van der Waals surface area contributed by atoms with Crippen LogP contribution in [0.25, 0.3) is 0 Å². The van der Waals surface area contributed by atoms with Crippen LogP contribution in [-0.2, 0) is 15.0 Å². The van der Waals surface area contributed by atoms with Gasteiger partial charge in [0.1, 0.15) is 0 Å². The average molecular weight is 264 g/mol. The van der Waals surface area contributed by atoms with Gasteiger partial charge < -0.3 is 15.7 Å². The first kappa shape index (κ1) is 15.2. The Labute approximate surface area is 113 Å². The van der Waals surface area contributed by atoms with Crippen LogP contribution in [-0.4, -0.2) is 30.1 Å². The Hall–Kier alpha value is -1.88. The van der Waals surface area contributed by atoms with E-state index in [9.17, 15) is 9.59 Å². The van der Waals surface area contributed by atoms with Crippen molar-refractivity contribution in [1.82, 2.24) is 5.32 Å². The maximum Gasteiger partial charge on any atom is 0.313 e. The van der Waals surface area contributed by atoms with E-state index in [-0.39, 0.29) is 18.6 Å². The number of amides is 2. The lowest BCUT2D eigenvalue weighted by Gasteiger charge is -2.22. The Kier molecular flexibility index (Phi) is 5.06. The Morgan fingerprint density at radius 1 is 1.16 bits per heavy atom. The Bertz CT molecular complexity index is 464.